The first-order valence-electron chi connectivity index (χ1n) is 5.45. The molecule has 5 heteroatoms. The predicted molar refractivity (Wildman–Crippen MR) is 75.5 cm³/mol. The number of nitrogens with zero attached hydrogens (tertiary/aromatic N) is 2. The molecular weight excluding hydrogens is 248 g/mol. The second kappa shape index (κ2) is 4.86. The lowest BCUT2D eigenvalue weighted by atomic mass is 10.0. The van der Waals surface area contributed by atoms with Gasteiger partial charge in [-0.15, -0.1) is 0 Å². The van der Waals surface area contributed by atoms with E-state index in [0.29, 0.717) is 17.4 Å². The van der Waals surface area contributed by atoms with Crippen LogP contribution in [0, 0.1) is 6.92 Å². The normalized spacial score (nSPS) is 10.6. The van der Waals surface area contributed by atoms with Gasteiger partial charge in [0.1, 0.15) is 5.52 Å². The van der Waals surface area contributed by atoms with Crippen LogP contribution in [0.15, 0.2) is 18.3 Å². The molecule has 1 aromatic heterocycles. The van der Waals surface area contributed by atoms with E-state index in [1.165, 1.54) is 11.9 Å². The number of aromatic nitrogens is 1. The van der Waals surface area contributed by atoms with Gasteiger partial charge in [-0.25, -0.2) is 0 Å². The Morgan fingerprint density at radius 2 is 2.22 bits per heavy atom. The molecule has 0 radical (unpaired) electrons. The molecule has 1 N–H and O–H groups in total. The number of benzene rings is 1. The molecule has 0 aliphatic heterocycles. The molecule has 0 saturated carbocycles. The molecule has 18 heavy (non-hydrogen) atoms. The zero-order valence-corrected chi connectivity index (χ0v) is 11.3. The molecule has 0 unspecified atom stereocenters. The first kappa shape index (κ1) is 12.7. The molecule has 1 aromatic carbocycles. The number of phenols is 1. The van der Waals surface area contributed by atoms with Crippen LogP contribution in [0.5, 0.6) is 5.75 Å². The largest absolute Gasteiger partial charge is 0.505 e. The van der Waals surface area contributed by atoms with Crippen LogP contribution in [-0.2, 0) is 0 Å². The van der Waals surface area contributed by atoms with E-state index in [-0.39, 0.29) is 5.75 Å². The lowest BCUT2D eigenvalue weighted by molar-refractivity contribution is 0.112. The molecule has 1 heterocycles. The van der Waals surface area contributed by atoms with Crippen LogP contribution in [0.1, 0.15) is 15.9 Å². The highest BCUT2D eigenvalue weighted by Crippen LogP contribution is 2.39. The second-order valence-corrected chi connectivity index (χ2v) is 4.85. The summed E-state index contributed by atoms with van der Waals surface area (Å²) < 4.78 is 1.96. The fourth-order valence-electron chi connectivity index (χ4n) is 2.06. The zero-order valence-electron chi connectivity index (χ0n) is 10.5. The van der Waals surface area contributed by atoms with Crippen molar-refractivity contribution in [2.45, 2.75) is 6.92 Å². The number of fused-ring (bicyclic) bond motifs is 1. The average Bonchev–Trinajstić information content (AvgIpc) is 2.39. The molecule has 0 aliphatic carbocycles. The number of carbonyl (C=O) groups is 1. The Bertz CT molecular complexity index is 613. The SMILES string of the molecule is CSN(C)c1c(C)c(C=O)c(O)c2ncccc12. The summed E-state index contributed by atoms with van der Waals surface area (Å²) in [6.07, 6.45) is 4.24. The van der Waals surface area contributed by atoms with Crippen molar-refractivity contribution < 1.29 is 9.90 Å². The minimum atomic E-state index is -0.0450. The summed E-state index contributed by atoms with van der Waals surface area (Å²) in [7, 11) is 1.92. The molecule has 0 bridgehead atoms. The van der Waals surface area contributed by atoms with Crippen molar-refractivity contribution in [2.75, 3.05) is 17.6 Å². The van der Waals surface area contributed by atoms with Gasteiger partial charge in [0.2, 0.25) is 0 Å². The maximum absolute atomic E-state index is 11.1. The maximum Gasteiger partial charge on any atom is 0.154 e. The monoisotopic (exact) mass is 262 g/mol. The number of aromatic hydroxyl groups is 1. The van der Waals surface area contributed by atoms with Crippen LogP contribution in [0.4, 0.5) is 5.69 Å². The Kier molecular flexibility index (Phi) is 3.43. The van der Waals surface area contributed by atoms with Gasteiger partial charge in [0, 0.05) is 24.9 Å². The van der Waals surface area contributed by atoms with Crippen molar-refractivity contribution in [2.24, 2.45) is 0 Å². The molecule has 4 nitrogen and oxygen atoms in total. The summed E-state index contributed by atoms with van der Waals surface area (Å²) in [5.74, 6) is -0.0450. The van der Waals surface area contributed by atoms with Gasteiger partial charge in [0.15, 0.2) is 12.0 Å². The number of hydrogen-bond acceptors (Lipinski definition) is 5. The van der Waals surface area contributed by atoms with E-state index in [1.54, 1.807) is 6.20 Å². The Balaban J connectivity index is 2.94. The maximum atomic E-state index is 11.1. The van der Waals surface area contributed by atoms with Crippen molar-refractivity contribution in [1.29, 1.82) is 0 Å². The van der Waals surface area contributed by atoms with Gasteiger partial charge in [-0.2, -0.15) is 0 Å². The van der Waals surface area contributed by atoms with E-state index < -0.39 is 0 Å². The minimum absolute atomic E-state index is 0.0450. The lowest BCUT2D eigenvalue weighted by Gasteiger charge is -2.22. The summed E-state index contributed by atoms with van der Waals surface area (Å²) in [4.78, 5) is 15.3. The van der Waals surface area contributed by atoms with Crippen LogP contribution in [0.2, 0.25) is 0 Å². The van der Waals surface area contributed by atoms with Gasteiger partial charge >= 0.3 is 0 Å². The van der Waals surface area contributed by atoms with E-state index >= 15 is 0 Å². The third kappa shape index (κ3) is 1.80. The van der Waals surface area contributed by atoms with Crippen molar-refractivity contribution >= 4 is 34.8 Å². The van der Waals surface area contributed by atoms with Gasteiger partial charge in [-0.1, -0.05) is 11.9 Å². The zero-order chi connectivity index (χ0) is 13.3. The molecule has 0 atom stereocenters. The lowest BCUT2D eigenvalue weighted by Crippen LogP contribution is -2.09. The van der Waals surface area contributed by atoms with E-state index in [1.807, 2.05) is 36.7 Å². The number of carbonyl (C=O) groups excluding carboxylic acids is 1. The smallest absolute Gasteiger partial charge is 0.154 e. The quantitative estimate of drug-likeness (QED) is 0.681. The fraction of sp³-hybridized carbons (Fsp3) is 0.231. The third-order valence-electron chi connectivity index (χ3n) is 3.01. The average molecular weight is 262 g/mol. The first-order chi connectivity index (χ1) is 8.61. The van der Waals surface area contributed by atoms with Gasteiger partial charge in [0.25, 0.3) is 0 Å². The van der Waals surface area contributed by atoms with Crippen LogP contribution in [-0.4, -0.2) is 29.7 Å². The Hall–Kier alpha value is -1.75. The number of aldehydes is 1. The number of pyridine rings is 1. The molecule has 94 valence electrons. The van der Waals surface area contributed by atoms with Crippen LogP contribution in [0.3, 0.4) is 0 Å². The number of hydrogen-bond donors (Lipinski definition) is 1. The van der Waals surface area contributed by atoms with Crippen LogP contribution >= 0.6 is 11.9 Å². The van der Waals surface area contributed by atoms with Crippen molar-refractivity contribution in [3.63, 3.8) is 0 Å². The standard InChI is InChI=1S/C13H14N2O2S/c1-8-10(7-16)13(17)11-9(5-4-6-14-11)12(8)15(2)18-3/h4-7,17H,1-3H3. The summed E-state index contributed by atoms with van der Waals surface area (Å²) in [6.45, 7) is 1.83. The van der Waals surface area contributed by atoms with Crippen LogP contribution in [0.25, 0.3) is 10.9 Å². The predicted octanol–water partition coefficient (Wildman–Crippen LogP) is 2.78. The molecule has 2 rings (SSSR count). The third-order valence-corrected chi connectivity index (χ3v) is 3.74. The summed E-state index contributed by atoms with van der Waals surface area (Å²) in [5, 5.41) is 10.9. The second-order valence-electron chi connectivity index (χ2n) is 3.93. The molecule has 0 fully saturated rings. The van der Waals surface area contributed by atoms with E-state index in [4.69, 9.17) is 0 Å². The van der Waals surface area contributed by atoms with Crippen molar-refractivity contribution in [1.82, 2.24) is 4.98 Å². The highest BCUT2D eigenvalue weighted by Gasteiger charge is 2.18. The van der Waals surface area contributed by atoms with E-state index in [9.17, 15) is 9.90 Å². The molecular formula is C13H14N2O2S. The van der Waals surface area contributed by atoms with Gasteiger partial charge in [-0.3, -0.25) is 9.78 Å². The number of phenolic OH excluding ortho intramolecular Hbond substituents is 1. The highest BCUT2D eigenvalue weighted by atomic mass is 32.2. The molecule has 0 amide bonds. The number of rotatable bonds is 3. The van der Waals surface area contributed by atoms with Crippen LogP contribution < -0.4 is 4.31 Å². The summed E-state index contributed by atoms with van der Waals surface area (Å²) in [5.41, 5.74) is 2.43. The molecule has 2 aromatic rings. The Morgan fingerprint density at radius 1 is 1.50 bits per heavy atom. The van der Waals surface area contributed by atoms with Gasteiger partial charge in [0.05, 0.1) is 11.3 Å². The summed E-state index contributed by atoms with van der Waals surface area (Å²) >= 11 is 1.54. The minimum Gasteiger partial charge on any atom is -0.505 e. The van der Waals surface area contributed by atoms with Crippen molar-refractivity contribution in [3.05, 3.63) is 29.5 Å². The Labute approximate surface area is 110 Å². The fourth-order valence-corrected chi connectivity index (χ4v) is 2.48. The first-order valence-corrected chi connectivity index (χ1v) is 6.63. The molecule has 0 aliphatic rings. The Morgan fingerprint density at radius 3 is 2.83 bits per heavy atom. The summed E-state index contributed by atoms with van der Waals surface area (Å²) in [6, 6.07) is 3.71. The van der Waals surface area contributed by atoms with Gasteiger partial charge in [-0.05, 0) is 24.6 Å². The molecule has 0 spiro atoms. The van der Waals surface area contributed by atoms with E-state index in [2.05, 4.69) is 4.98 Å². The molecule has 0 saturated heterocycles. The van der Waals surface area contributed by atoms with E-state index in [0.717, 1.165) is 16.6 Å². The van der Waals surface area contributed by atoms with Gasteiger partial charge < -0.3 is 9.41 Å². The highest BCUT2D eigenvalue weighted by molar-refractivity contribution is 7.99. The van der Waals surface area contributed by atoms with Crippen molar-refractivity contribution in [3.8, 4) is 5.75 Å². The topological polar surface area (TPSA) is 53.4 Å². The number of anilines is 1.